The highest BCUT2D eigenvalue weighted by atomic mass is 16.6. The summed E-state index contributed by atoms with van der Waals surface area (Å²) >= 11 is 0. The standard InChI is InChI=1S/C27H50N2O5/c1-7-9-11-12-13-14-15-16-17-18-19-20-22-33-26(31)24(4)28(5)25(30)23(3)29(6)27(32)34-21-10-8-2/h8,23-24H,2,7,9-22H2,1,3-6H3. The fourth-order valence-electron chi connectivity index (χ4n) is 3.54. The number of amides is 2. The van der Waals surface area contributed by atoms with Gasteiger partial charge in [0.05, 0.1) is 13.2 Å². The van der Waals surface area contributed by atoms with Crippen LogP contribution < -0.4 is 0 Å². The number of carbonyl (C=O) groups excluding carboxylic acids is 3. The molecule has 0 saturated heterocycles. The number of rotatable bonds is 20. The van der Waals surface area contributed by atoms with E-state index in [-0.39, 0.29) is 12.5 Å². The highest BCUT2D eigenvalue weighted by molar-refractivity contribution is 5.89. The lowest BCUT2D eigenvalue weighted by Crippen LogP contribution is -2.51. The van der Waals surface area contributed by atoms with E-state index in [4.69, 9.17) is 9.47 Å². The van der Waals surface area contributed by atoms with Crippen molar-refractivity contribution in [1.29, 1.82) is 0 Å². The summed E-state index contributed by atoms with van der Waals surface area (Å²) in [5, 5.41) is 0. The summed E-state index contributed by atoms with van der Waals surface area (Å²) in [6.45, 7) is 9.65. The van der Waals surface area contributed by atoms with E-state index in [0.717, 1.165) is 19.3 Å². The van der Waals surface area contributed by atoms with Crippen molar-refractivity contribution >= 4 is 18.0 Å². The summed E-state index contributed by atoms with van der Waals surface area (Å²) in [5.74, 6) is -0.777. The quantitative estimate of drug-likeness (QED) is 0.119. The van der Waals surface area contributed by atoms with E-state index in [1.54, 1.807) is 27.0 Å². The number of ether oxygens (including phenoxy) is 2. The van der Waals surface area contributed by atoms with Crippen LogP contribution in [0.5, 0.6) is 0 Å². The zero-order chi connectivity index (χ0) is 25.8. The van der Waals surface area contributed by atoms with Crippen LogP contribution in [0.25, 0.3) is 0 Å². The van der Waals surface area contributed by atoms with Crippen LogP contribution in [0.3, 0.4) is 0 Å². The van der Waals surface area contributed by atoms with Crippen molar-refractivity contribution in [3.8, 4) is 0 Å². The smallest absolute Gasteiger partial charge is 0.410 e. The SMILES string of the molecule is C=CCCOC(=O)N(C)C(C)C(=O)N(C)C(C)C(=O)OCCCCCCCCCCCCCC. The van der Waals surface area contributed by atoms with Gasteiger partial charge in [0, 0.05) is 14.1 Å². The molecule has 0 aliphatic carbocycles. The molecule has 0 spiro atoms. The summed E-state index contributed by atoms with van der Waals surface area (Å²) in [6.07, 6.45) is 16.6. The zero-order valence-electron chi connectivity index (χ0n) is 22.5. The fourth-order valence-corrected chi connectivity index (χ4v) is 3.54. The van der Waals surface area contributed by atoms with Gasteiger partial charge in [0.15, 0.2) is 0 Å². The first-order valence-electron chi connectivity index (χ1n) is 13.2. The van der Waals surface area contributed by atoms with Gasteiger partial charge in [-0.25, -0.2) is 9.59 Å². The van der Waals surface area contributed by atoms with Crippen molar-refractivity contribution in [2.45, 2.75) is 116 Å². The second-order valence-electron chi connectivity index (χ2n) is 9.16. The highest BCUT2D eigenvalue weighted by Gasteiger charge is 2.31. The normalized spacial score (nSPS) is 12.5. The number of esters is 1. The van der Waals surface area contributed by atoms with Gasteiger partial charge in [0.1, 0.15) is 12.1 Å². The monoisotopic (exact) mass is 482 g/mol. The van der Waals surface area contributed by atoms with Crippen molar-refractivity contribution in [3.05, 3.63) is 12.7 Å². The summed E-state index contributed by atoms with van der Waals surface area (Å²) < 4.78 is 10.5. The minimum atomic E-state index is -0.757. The molecule has 7 nitrogen and oxygen atoms in total. The minimum absolute atomic E-state index is 0.214. The molecule has 0 N–H and O–H groups in total. The largest absolute Gasteiger partial charge is 0.464 e. The molecule has 0 aromatic carbocycles. The lowest BCUT2D eigenvalue weighted by Gasteiger charge is -2.30. The molecule has 0 saturated carbocycles. The van der Waals surface area contributed by atoms with Crippen molar-refractivity contribution < 1.29 is 23.9 Å². The molecule has 0 radical (unpaired) electrons. The van der Waals surface area contributed by atoms with E-state index in [1.807, 2.05) is 0 Å². The summed E-state index contributed by atoms with van der Waals surface area (Å²) in [4.78, 5) is 39.7. The molecule has 0 fully saturated rings. The molecule has 7 heteroatoms. The van der Waals surface area contributed by atoms with E-state index in [0.29, 0.717) is 13.0 Å². The van der Waals surface area contributed by atoms with E-state index in [1.165, 1.54) is 74.6 Å². The molecule has 0 aliphatic rings. The molecule has 0 aliphatic heterocycles. The Kier molecular flexibility index (Phi) is 19.1. The van der Waals surface area contributed by atoms with E-state index in [9.17, 15) is 14.4 Å². The summed E-state index contributed by atoms with van der Waals surface area (Å²) in [6, 6.07) is -1.48. The maximum Gasteiger partial charge on any atom is 0.410 e. The van der Waals surface area contributed by atoms with E-state index in [2.05, 4.69) is 13.5 Å². The summed E-state index contributed by atoms with van der Waals surface area (Å²) in [7, 11) is 3.05. The van der Waals surface area contributed by atoms with Crippen LogP contribution in [0.4, 0.5) is 4.79 Å². The highest BCUT2D eigenvalue weighted by Crippen LogP contribution is 2.12. The lowest BCUT2D eigenvalue weighted by molar-refractivity contribution is -0.154. The Morgan fingerprint density at radius 1 is 0.735 bits per heavy atom. The molecule has 0 aromatic rings. The van der Waals surface area contributed by atoms with Gasteiger partial charge in [-0.3, -0.25) is 9.69 Å². The number of hydrogen-bond donors (Lipinski definition) is 0. The summed E-state index contributed by atoms with van der Waals surface area (Å²) in [5.41, 5.74) is 0. The van der Waals surface area contributed by atoms with Gasteiger partial charge in [-0.15, -0.1) is 6.58 Å². The van der Waals surface area contributed by atoms with E-state index < -0.39 is 24.1 Å². The Labute approximate surface area is 208 Å². The number of likely N-dealkylation sites (N-methyl/N-ethyl adjacent to an activating group) is 2. The first-order chi connectivity index (χ1) is 16.3. The van der Waals surface area contributed by atoms with Gasteiger partial charge in [-0.1, -0.05) is 83.6 Å². The van der Waals surface area contributed by atoms with Gasteiger partial charge >= 0.3 is 12.1 Å². The molecule has 0 bridgehead atoms. The fraction of sp³-hybridized carbons (Fsp3) is 0.815. The van der Waals surface area contributed by atoms with Gasteiger partial charge in [0.2, 0.25) is 5.91 Å². The van der Waals surface area contributed by atoms with Gasteiger partial charge in [-0.05, 0) is 26.7 Å². The van der Waals surface area contributed by atoms with Crippen molar-refractivity contribution in [2.24, 2.45) is 0 Å². The number of carbonyl (C=O) groups is 3. The van der Waals surface area contributed by atoms with Crippen LogP contribution in [-0.2, 0) is 19.1 Å². The second-order valence-corrected chi connectivity index (χ2v) is 9.16. The molecular formula is C27H50N2O5. The number of hydrogen-bond acceptors (Lipinski definition) is 5. The third-order valence-corrected chi connectivity index (χ3v) is 6.29. The molecule has 0 aromatic heterocycles. The lowest BCUT2D eigenvalue weighted by atomic mass is 10.1. The van der Waals surface area contributed by atoms with E-state index >= 15 is 0 Å². The molecule has 0 heterocycles. The molecule has 34 heavy (non-hydrogen) atoms. The molecule has 2 atom stereocenters. The van der Waals surface area contributed by atoms with Crippen LogP contribution in [0.2, 0.25) is 0 Å². The molecule has 2 amide bonds. The predicted octanol–water partition coefficient (Wildman–Crippen LogP) is 6.11. The Morgan fingerprint density at radius 2 is 1.24 bits per heavy atom. The zero-order valence-corrected chi connectivity index (χ0v) is 22.5. The Balaban J connectivity index is 4.02. The van der Waals surface area contributed by atoms with Crippen LogP contribution >= 0.6 is 0 Å². The topological polar surface area (TPSA) is 76.2 Å². The molecule has 198 valence electrons. The number of unbranched alkanes of at least 4 members (excludes halogenated alkanes) is 11. The molecule has 2 unspecified atom stereocenters. The first-order valence-corrected chi connectivity index (χ1v) is 13.2. The van der Waals surface area contributed by atoms with Gasteiger partial charge < -0.3 is 14.4 Å². The number of nitrogens with zero attached hydrogens (tertiary/aromatic N) is 2. The maximum atomic E-state index is 12.7. The Bertz CT molecular complexity index is 581. The maximum absolute atomic E-state index is 12.7. The predicted molar refractivity (Wildman–Crippen MR) is 138 cm³/mol. The Hall–Kier alpha value is -2.05. The minimum Gasteiger partial charge on any atom is -0.464 e. The average Bonchev–Trinajstić information content (AvgIpc) is 2.84. The second kappa shape index (κ2) is 20.3. The van der Waals surface area contributed by atoms with Crippen LogP contribution in [0.1, 0.15) is 104 Å². The van der Waals surface area contributed by atoms with Crippen molar-refractivity contribution in [2.75, 3.05) is 27.3 Å². The third-order valence-electron chi connectivity index (χ3n) is 6.29. The Morgan fingerprint density at radius 3 is 1.74 bits per heavy atom. The van der Waals surface area contributed by atoms with Gasteiger partial charge in [-0.2, -0.15) is 0 Å². The van der Waals surface area contributed by atoms with Crippen molar-refractivity contribution in [3.63, 3.8) is 0 Å². The van der Waals surface area contributed by atoms with Crippen LogP contribution in [0, 0.1) is 0 Å². The van der Waals surface area contributed by atoms with Crippen molar-refractivity contribution in [1.82, 2.24) is 9.80 Å². The molecular weight excluding hydrogens is 432 g/mol. The van der Waals surface area contributed by atoms with Crippen LogP contribution in [0.15, 0.2) is 12.7 Å². The van der Waals surface area contributed by atoms with Gasteiger partial charge in [0.25, 0.3) is 0 Å². The molecule has 0 rings (SSSR count). The third kappa shape index (κ3) is 14.3. The van der Waals surface area contributed by atoms with Crippen LogP contribution in [-0.4, -0.2) is 67.2 Å². The first kappa shape index (κ1) is 31.9. The average molecular weight is 483 g/mol.